The van der Waals surface area contributed by atoms with Crippen LogP contribution in [-0.4, -0.2) is 15.1 Å². The van der Waals surface area contributed by atoms with Crippen LogP contribution in [0.4, 0.5) is 0 Å². The number of hydrogen-bond acceptors (Lipinski definition) is 1. The van der Waals surface area contributed by atoms with Gasteiger partial charge >= 0.3 is 0 Å². The van der Waals surface area contributed by atoms with Gasteiger partial charge in [-0.25, -0.2) is 0 Å². The molecule has 2 atom stereocenters. The first-order valence-electron chi connectivity index (χ1n) is 2.29. The second-order valence-corrected chi connectivity index (χ2v) is 3.27. The summed E-state index contributed by atoms with van der Waals surface area (Å²) in [6.45, 7) is 0. The normalized spacial score (nSPS) is 39.7. The van der Waals surface area contributed by atoms with Gasteiger partial charge in [-0.2, -0.15) is 0 Å². The summed E-state index contributed by atoms with van der Waals surface area (Å²) in [5.41, 5.74) is 0. The first kappa shape index (κ1) is 5.56. The van der Waals surface area contributed by atoms with Crippen molar-refractivity contribution in [2.24, 2.45) is 0 Å². The van der Waals surface area contributed by atoms with Crippen LogP contribution in [0.3, 0.4) is 0 Å². The molecule has 1 nitrogen and oxygen atoms in total. The molecule has 0 aliphatic heterocycles. The Hall–Kier alpha value is 0.430. The van der Waals surface area contributed by atoms with Crippen molar-refractivity contribution in [1.82, 2.24) is 0 Å². The second kappa shape index (κ2) is 2.13. The summed E-state index contributed by atoms with van der Waals surface area (Å²) in [5, 5.41) is 8.90. The standard InChI is InChI=1S/C5H7IO/c6-4-2-1-3-5(4)7/h1,3-5,7H,2H2/t4-,5-/m1/s1. The number of alkyl halides is 1. The molecule has 0 bridgehead atoms. The van der Waals surface area contributed by atoms with Crippen LogP contribution in [0.5, 0.6) is 0 Å². The fourth-order valence-corrected chi connectivity index (χ4v) is 1.14. The van der Waals surface area contributed by atoms with Gasteiger partial charge in [0.15, 0.2) is 0 Å². The zero-order chi connectivity index (χ0) is 5.28. The van der Waals surface area contributed by atoms with Crippen molar-refractivity contribution in [2.75, 3.05) is 0 Å². The number of aliphatic hydroxyl groups is 1. The van der Waals surface area contributed by atoms with E-state index in [4.69, 9.17) is 5.11 Å². The Bertz CT molecular complexity index is 90.1. The van der Waals surface area contributed by atoms with Crippen LogP contribution in [0, 0.1) is 0 Å². The summed E-state index contributed by atoms with van der Waals surface area (Å²) in [7, 11) is 0. The summed E-state index contributed by atoms with van der Waals surface area (Å²) >= 11 is 2.25. The quantitative estimate of drug-likeness (QED) is 0.360. The Labute approximate surface area is 56.6 Å². The SMILES string of the molecule is O[C@@H]1C=CC[C@H]1I. The minimum atomic E-state index is -0.180. The van der Waals surface area contributed by atoms with E-state index in [2.05, 4.69) is 22.6 Å². The lowest BCUT2D eigenvalue weighted by Gasteiger charge is -2.01. The van der Waals surface area contributed by atoms with E-state index >= 15 is 0 Å². The van der Waals surface area contributed by atoms with Crippen LogP contribution in [0.15, 0.2) is 12.2 Å². The molecule has 0 spiro atoms. The van der Waals surface area contributed by atoms with E-state index in [1.165, 1.54) is 0 Å². The third-order valence-electron chi connectivity index (χ3n) is 1.07. The maximum atomic E-state index is 8.90. The van der Waals surface area contributed by atoms with Gasteiger partial charge in [-0.15, -0.1) is 0 Å². The minimum Gasteiger partial charge on any atom is -0.388 e. The number of allylic oxidation sites excluding steroid dienone is 1. The van der Waals surface area contributed by atoms with E-state index in [0.717, 1.165) is 6.42 Å². The first-order chi connectivity index (χ1) is 3.30. The predicted molar refractivity (Wildman–Crippen MR) is 37.6 cm³/mol. The Morgan fingerprint density at radius 3 is 2.57 bits per heavy atom. The molecule has 1 aliphatic rings. The van der Waals surface area contributed by atoms with Crippen LogP contribution in [0.25, 0.3) is 0 Å². The number of rotatable bonds is 0. The van der Waals surface area contributed by atoms with Gasteiger partial charge in [0.25, 0.3) is 0 Å². The highest BCUT2D eigenvalue weighted by molar-refractivity contribution is 14.1. The summed E-state index contributed by atoms with van der Waals surface area (Å²) in [4.78, 5) is 0. The molecule has 1 aliphatic carbocycles. The Kier molecular flexibility index (Phi) is 1.69. The molecule has 0 saturated carbocycles. The van der Waals surface area contributed by atoms with Crippen molar-refractivity contribution in [2.45, 2.75) is 16.4 Å². The molecule has 1 rings (SSSR count). The molecule has 7 heavy (non-hydrogen) atoms. The maximum absolute atomic E-state index is 8.90. The fourth-order valence-electron chi connectivity index (χ4n) is 0.608. The van der Waals surface area contributed by atoms with E-state index in [0.29, 0.717) is 3.92 Å². The number of hydrogen-bond donors (Lipinski definition) is 1. The van der Waals surface area contributed by atoms with E-state index in [1.54, 1.807) is 0 Å². The summed E-state index contributed by atoms with van der Waals surface area (Å²) < 4.78 is 0.428. The van der Waals surface area contributed by atoms with Crippen molar-refractivity contribution in [3.63, 3.8) is 0 Å². The molecule has 0 radical (unpaired) electrons. The Morgan fingerprint density at radius 2 is 2.43 bits per heavy atom. The molecule has 0 saturated heterocycles. The van der Waals surface area contributed by atoms with Crippen molar-refractivity contribution in [3.05, 3.63) is 12.2 Å². The summed E-state index contributed by atoms with van der Waals surface area (Å²) in [6, 6.07) is 0. The lowest BCUT2D eigenvalue weighted by molar-refractivity contribution is 0.233. The second-order valence-electron chi connectivity index (χ2n) is 1.67. The van der Waals surface area contributed by atoms with Crippen LogP contribution in [0.2, 0.25) is 0 Å². The van der Waals surface area contributed by atoms with Crippen LogP contribution < -0.4 is 0 Å². The minimum absolute atomic E-state index is 0.180. The van der Waals surface area contributed by atoms with Crippen LogP contribution >= 0.6 is 22.6 Å². The van der Waals surface area contributed by atoms with Crippen molar-refractivity contribution >= 4 is 22.6 Å². The predicted octanol–water partition coefficient (Wildman–Crippen LogP) is 1.11. The van der Waals surface area contributed by atoms with Gasteiger partial charge < -0.3 is 5.11 Å². The van der Waals surface area contributed by atoms with Crippen LogP contribution in [0.1, 0.15) is 6.42 Å². The van der Waals surface area contributed by atoms with Crippen molar-refractivity contribution in [3.8, 4) is 0 Å². The molecule has 0 aromatic carbocycles. The highest BCUT2D eigenvalue weighted by Crippen LogP contribution is 2.18. The fraction of sp³-hybridized carbons (Fsp3) is 0.600. The van der Waals surface area contributed by atoms with Gasteiger partial charge in [0.1, 0.15) is 0 Å². The number of aliphatic hydroxyl groups excluding tert-OH is 1. The molecule has 1 N–H and O–H groups in total. The molecule has 0 aromatic heterocycles. The van der Waals surface area contributed by atoms with Crippen LogP contribution in [-0.2, 0) is 0 Å². The highest BCUT2D eigenvalue weighted by Gasteiger charge is 2.15. The first-order valence-corrected chi connectivity index (χ1v) is 3.54. The Morgan fingerprint density at radius 1 is 1.71 bits per heavy atom. The smallest absolute Gasteiger partial charge is 0.0841 e. The third kappa shape index (κ3) is 1.16. The monoisotopic (exact) mass is 210 g/mol. The molecule has 0 heterocycles. The van der Waals surface area contributed by atoms with E-state index in [9.17, 15) is 0 Å². The average molecular weight is 210 g/mol. The van der Waals surface area contributed by atoms with Crippen molar-refractivity contribution < 1.29 is 5.11 Å². The summed E-state index contributed by atoms with van der Waals surface area (Å²) in [6.07, 6.45) is 4.71. The molecule has 0 unspecified atom stereocenters. The van der Waals surface area contributed by atoms with Crippen molar-refractivity contribution in [1.29, 1.82) is 0 Å². The van der Waals surface area contributed by atoms with Gasteiger partial charge in [0.05, 0.1) is 6.10 Å². The molecular weight excluding hydrogens is 203 g/mol. The van der Waals surface area contributed by atoms with E-state index in [1.807, 2.05) is 12.2 Å². The zero-order valence-corrected chi connectivity index (χ0v) is 6.00. The molecular formula is C5H7IO. The zero-order valence-electron chi connectivity index (χ0n) is 3.84. The lowest BCUT2D eigenvalue weighted by Crippen LogP contribution is -2.10. The molecule has 0 aromatic rings. The molecule has 0 fully saturated rings. The molecule has 2 heteroatoms. The van der Waals surface area contributed by atoms with Gasteiger partial charge in [-0.1, -0.05) is 34.7 Å². The van der Waals surface area contributed by atoms with E-state index in [-0.39, 0.29) is 6.10 Å². The third-order valence-corrected chi connectivity index (χ3v) is 2.31. The number of halogens is 1. The van der Waals surface area contributed by atoms with Gasteiger partial charge in [-0.3, -0.25) is 0 Å². The Balaban J connectivity index is 2.45. The lowest BCUT2D eigenvalue weighted by atomic mass is 10.3. The average Bonchev–Trinajstić information content (AvgIpc) is 1.91. The maximum Gasteiger partial charge on any atom is 0.0841 e. The topological polar surface area (TPSA) is 20.2 Å². The molecule has 0 amide bonds. The van der Waals surface area contributed by atoms with Gasteiger partial charge in [0.2, 0.25) is 0 Å². The van der Waals surface area contributed by atoms with Gasteiger partial charge in [0, 0.05) is 3.92 Å². The van der Waals surface area contributed by atoms with Gasteiger partial charge in [-0.05, 0) is 6.42 Å². The molecule has 40 valence electrons. The summed E-state index contributed by atoms with van der Waals surface area (Å²) in [5.74, 6) is 0. The highest BCUT2D eigenvalue weighted by atomic mass is 127. The van der Waals surface area contributed by atoms with E-state index < -0.39 is 0 Å². The largest absolute Gasteiger partial charge is 0.388 e.